The average molecular weight is 182 g/mol. The van der Waals surface area contributed by atoms with E-state index in [4.69, 9.17) is 5.26 Å². The summed E-state index contributed by atoms with van der Waals surface area (Å²) in [5.74, 6) is 0. The molecule has 0 saturated carbocycles. The van der Waals surface area contributed by atoms with E-state index in [9.17, 15) is 5.11 Å². The highest BCUT2D eigenvalue weighted by molar-refractivity contribution is 4.72. The zero-order chi connectivity index (χ0) is 9.52. The van der Waals surface area contributed by atoms with E-state index in [0.29, 0.717) is 6.42 Å². The topological polar surface area (TPSA) is 47.3 Å². The van der Waals surface area contributed by atoms with Crippen LogP contribution in [0.1, 0.15) is 32.1 Å². The lowest BCUT2D eigenvalue weighted by Crippen LogP contribution is -2.36. The molecule has 0 unspecified atom stereocenters. The molecule has 1 N–H and O–H groups in total. The SMILES string of the molecule is N#CCCCCN1CCC(O)CC1. The van der Waals surface area contributed by atoms with Gasteiger partial charge in [0.15, 0.2) is 0 Å². The Hall–Kier alpha value is -0.590. The number of likely N-dealkylation sites (tertiary alicyclic amines) is 1. The number of unbranched alkanes of at least 4 members (excludes halogenated alkanes) is 2. The second kappa shape index (κ2) is 5.95. The molecule has 1 rings (SSSR count). The summed E-state index contributed by atoms with van der Waals surface area (Å²) in [5, 5.41) is 17.6. The summed E-state index contributed by atoms with van der Waals surface area (Å²) in [6.45, 7) is 3.13. The Morgan fingerprint density at radius 2 is 2.00 bits per heavy atom. The summed E-state index contributed by atoms with van der Waals surface area (Å²) in [7, 11) is 0. The number of rotatable bonds is 4. The second-order valence-electron chi connectivity index (χ2n) is 3.69. The Morgan fingerprint density at radius 3 is 2.62 bits per heavy atom. The maximum Gasteiger partial charge on any atom is 0.0621 e. The lowest BCUT2D eigenvalue weighted by Gasteiger charge is -2.29. The largest absolute Gasteiger partial charge is 0.393 e. The van der Waals surface area contributed by atoms with E-state index in [1.807, 2.05) is 0 Å². The quantitative estimate of drug-likeness (QED) is 0.663. The molecule has 13 heavy (non-hydrogen) atoms. The third-order valence-electron chi connectivity index (χ3n) is 2.57. The fourth-order valence-corrected chi connectivity index (χ4v) is 1.68. The molecule has 0 aromatic rings. The van der Waals surface area contributed by atoms with Crippen molar-refractivity contribution < 1.29 is 5.11 Å². The molecule has 1 saturated heterocycles. The molecule has 0 aromatic carbocycles. The molecule has 0 radical (unpaired) electrons. The van der Waals surface area contributed by atoms with Crippen molar-refractivity contribution in [1.29, 1.82) is 5.26 Å². The predicted molar refractivity (Wildman–Crippen MR) is 51.1 cm³/mol. The Bertz CT molecular complexity index is 168. The Morgan fingerprint density at radius 1 is 1.31 bits per heavy atom. The normalized spacial score (nSPS) is 20.0. The molecule has 0 aromatic heterocycles. The maximum atomic E-state index is 9.27. The van der Waals surface area contributed by atoms with E-state index in [2.05, 4.69) is 11.0 Å². The number of hydrogen-bond acceptors (Lipinski definition) is 3. The molecule has 3 heteroatoms. The fourth-order valence-electron chi connectivity index (χ4n) is 1.68. The van der Waals surface area contributed by atoms with Gasteiger partial charge in [0.2, 0.25) is 0 Å². The number of nitrogens with zero attached hydrogens (tertiary/aromatic N) is 2. The minimum atomic E-state index is -0.0737. The third-order valence-corrected chi connectivity index (χ3v) is 2.57. The summed E-state index contributed by atoms with van der Waals surface area (Å²) < 4.78 is 0. The molecular weight excluding hydrogens is 164 g/mol. The van der Waals surface area contributed by atoms with Crippen LogP contribution >= 0.6 is 0 Å². The molecular formula is C10H18N2O. The van der Waals surface area contributed by atoms with Crippen molar-refractivity contribution in [2.45, 2.75) is 38.2 Å². The highest BCUT2D eigenvalue weighted by Crippen LogP contribution is 2.10. The number of aliphatic hydroxyl groups is 1. The predicted octanol–water partition coefficient (Wildman–Crippen LogP) is 1.14. The van der Waals surface area contributed by atoms with E-state index in [0.717, 1.165) is 45.3 Å². The van der Waals surface area contributed by atoms with Crippen LogP contribution in [0.2, 0.25) is 0 Å². The first kappa shape index (κ1) is 10.5. The highest BCUT2D eigenvalue weighted by Gasteiger charge is 2.15. The van der Waals surface area contributed by atoms with Crippen molar-refractivity contribution >= 4 is 0 Å². The van der Waals surface area contributed by atoms with Crippen LogP contribution in [-0.2, 0) is 0 Å². The summed E-state index contributed by atoms with van der Waals surface area (Å²) in [5.41, 5.74) is 0. The first-order chi connectivity index (χ1) is 6.33. The minimum absolute atomic E-state index is 0.0737. The molecule has 0 amide bonds. The highest BCUT2D eigenvalue weighted by atomic mass is 16.3. The van der Waals surface area contributed by atoms with Gasteiger partial charge in [-0.1, -0.05) is 0 Å². The lowest BCUT2D eigenvalue weighted by molar-refractivity contribution is 0.0819. The Kier molecular flexibility index (Phi) is 4.81. The van der Waals surface area contributed by atoms with Gasteiger partial charge in [-0.15, -0.1) is 0 Å². The third kappa shape index (κ3) is 4.25. The van der Waals surface area contributed by atoms with Crippen molar-refractivity contribution in [3.8, 4) is 6.07 Å². The van der Waals surface area contributed by atoms with Gasteiger partial charge in [0.25, 0.3) is 0 Å². The maximum absolute atomic E-state index is 9.27. The molecule has 3 nitrogen and oxygen atoms in total. The van der Waals surface area contributed by atoms with E-state index < -0.39 is 0 Å². The van der Waals surface area contributed by atoms with Crippen LogP contribution in [0.4, 0.5) is 0 Å². The van der Waals surface area contributed by atoms with Crippen molar-refractivity contribution in [3.63, 3.8) is 0 Å². The monoisotopic (exact) mass is 182 g/mol. The Labute approximate surface area is 80.0 Å². The smallest absolute Gasteiger partial charge is 0.0621 e. The zero-order valence-electron chi connectivity index (χ0n) is 8.08. The standard InChI is InChI=1S/C10H18N2O/c11-6-2-1-3-7-12-8-4-10(13)5-9-12/h10,13H,1-5,7-9H2. The van der Waals surface area contributed by atoms with Crippen LogP contribution in [0.3, 0.4) is 0 Å². The zero-order valence-corrected chi connectivity index (χ0v) is 8.08. The van der Waals surface area contributed by atoms with Gasteiger partial charge >= 0.3 is 0 Å². The molecule has 1 aliphatic heterocycles. The average Bonchev–Trinajstić information content (AvgIpc) is 2.15. The van der Waals surface area contributed by atoms with Gasteiger partial charge in [-0.2, -0.15) is 5.26 Å². The fraction of sp³-hybridized carbons (Fsp3) is 0.900. The van der Waals surface area contributed by atoms with Gasteiger partial charge in [0, 0.05) is 19.5 Å². The number of hydrogen-bond donors (Lipinski definition) is 1. The molecule has 0 bridgehead atoms. The van der Waals surface area contributed by atoms with E-state index in [1.165, 1.54) is 0 Å². The van der Waals surface area contributed by atoms with Gasteiger partial charge in [-0.25, -0.2) is 0 Å². The van der Waals surface area contributed by atoms with Gasteiger partial charge in [0.1, 0.15) is 0 Å². The van der Waals surface area contributed by atoms with E-state index in [1.54, 1.807) is 0 Å². The van der Waals surface area contributed by atoms with Crippen LogP contribution in [0, 0.1) is 11.3 Å². The van der Waals surface area contributed by atoms with Gasteiger partial charge in [-0.05, 0) is 32.2 Å². The van der Waals surface area contributed by atoms with Crippen molar-refractivity contribution in [2.75, 3.05) is 19.6 Å². The van der Waals surface area contributed by atoms with Gasteiger partial charge in [-0.3, -0.25) is 0 Å². The first-order valence-electron chi connectivity index (χ1n) is 5.10. The van der Waals surface area contributed by atoms with E-state index in [-0.39, 0.29) is 6.10 Å². The molecule has 1 fully saturated rings. The van der Waals surface area contributed by atoms with Crippen LogP contribution < -0.4 is 0 Å². The molecule has 1 aliphatic rings. The molecule has 0 atom stereocenters. The van der Waals surface area contributed by atoms with Crippen LogP contribution in [0.5, 0.6) is 0 Å². The molecule has 1 heterocycles. The van der Waals surface area contributed by atoms with Crippen molar-refractivity contribution in [2.24, 2.45) is 0 Å². The molecule has 0 spiro atoms. The summed E-state index contributed by atoms with van der Waals surface area (Å²) in [4.78, 5) is 2.38. The first-order valence-corrected chi connectivity index (χ1v) is 5.10. The van der Waals surface area contributed by atoms with Gasteiger partial charge < -0.3 is 10.0 Å². The van der Waals surface area contributed by atoms with Crippen LogP contribution in [-0.4, -0.2) is 35.7 Å². The molecule has 74 valence electrons. The lowest BCUT2D eigenvalue weighted by atomic mass is 10.1. The molecule has 0 aliphatic carbocycles. The van der Waals surface area contributed by atoms with Crippen molar-refractivity contribution in [3.05, 3.63) is 0 Å². The second-order valence-corrected chi connectivity index (χ2v) is 3.69. The number of piperidine rings is 1. The van der Waals surface area contributed by atoms with Crippen molar-refractivity contribution in [1.82, 2.24) is 4.90 Å². The summed E-state index contributed by atoms with van der Waals surface area (Å²) >= 11 is 0. The minimum Gasteiger partial charge on any atom is -0.393 e. The Balaban J connectivity index is 2.00. The van der Waals surface area contributed by atoms with Gasteiger partial charge in [0.05, 0.1) is 12.2 Å². The summed E-state index contributed by atoms with van der Waals surface area (Å²) in [6, 6.07) is 2.15. The van der Waals surface area contributed by atoms with Crippen LogP contribution in [0.15, 0.2) is 0 Å². The summed E-state index contributed by atoms with van der Waals surface area (Å²) in [6.07, 6.45) is 4.56. The number of nitriles is 1. The number of aliphatic hydroxyl groups excluding tert-OH is 1. The van der Waals surface area contributed by atoms with Crippen LogP contribution in [0.25, 0.3) is 0 Å². The van der Waals surface area contributed by atoms with E-state index >= 15 is 0 Å².